The molecule has 3 aromatic rings. The number of nitrogens with one attached hydrogen (secondary N) is 1. The van der Waals surface area contributed by atoms with E-state index in [1.165, 1.54) is 11.8 Å². The second-order valence-electron chi connectivity index (χ2n) is 5.93. The summed E-state index contributed by atoms with van der Waals surface area (Å²) < 4.78 is 0. The average molecular weight is 363 g/mol. The average Bonchev–Trinajstić information content (AvgIpc) is 2.68. The summed E-state index contributed by atoms with van der Waals surface area (Å²) in [7, 11) is 0. The van der Waals surface area contributed by atoms with Gasteiger partial charge in [-0.3, -0.25) is 4.79 Å². The molecular formula is C21H21N3OS. The summed E-state index contributed by atoms with van der Waals surface area (Å²) in [5, 5.41) is 3.61. The zero-order valence-electron chi connectivity index (χ0n) is 14.8. The third-order valence-corrected chi connectivity index (χ3v) is 5.34. The Morgan fingerprint density at radius 2 is 1.81 bits per heavy atom. The molecule has 3 rings (SSSR count). The topological polar surface area (TPSA) is 54.9 Å². The first-order valence-corrected chi connectivity index (χ1v) is 9.46. The van der Waals surface area contributed by atoms with Crippen LogP contribution in [-0.4, -0.2) is 21.1 Å². The Kier molecular flexibility index (Phi) is 6.02. The fourth-order valence-corrected chi connectivity index (χ4v) is 3.48. The fourth-order valence-electron chi connectivity index (χ4n) is 2.57. The monoisotopic (exact) mass is 363 g/mol. The van der Waals surface area contributed by atoms with E-state index in [0.717, 1.165) is 27.5 Å². The highest BCUT2D eigenvalue weighted by Gasteiger charge is 2.19. The summed E-state index contributed by atoms with van der Waals surface area (Å²) in [5.74, 6) is -0.00771. The molecule has 0 aliphatic rings. The Morgan fingerprint density at radius 1 is 1.08 bits per heavy atom. The number of anilines is 1. The van der Waals surface area contributed by atoms with Crippen LogP contribution in [0.1, 0.15) is 18.9 Å². The number of amides is 1. The number of rotatable bonds is 6. The molecule has 1 amide bonds. The van der Waals surface area contributed by atoms with E-state index in [-0.39, 0.29) is 11.2 Å². The van der Waals surface area contributed by atoms with Gasteiger partial charge < -0.3 is 5.32 Å². The van der Waals surface area contributed by atoms with Crippen molar-refractivity contribution in [3.63, 3.8) is 0 Å². The first-order chi connectivity index (χ1) is 12.7. The number of hydrogen-bond acceptors (Lipinski definition) is 4. The van der Waals surface area contributed by atoms with Crippen molar-refractivity contribution in [3.8, 4) is 11.3 Å². The van der Waals surface area contributed by atoms with Crippen molar-refractivity contribution >= 4 is 23.4 Å². The van der Waals surface area contributed by atoms with Crippen molar-refractivity contribution in [1.82, 2.24) is 9.97 Å². The first kappa shape index (κ1) is 18.1. The minimum Gasteiger partial charge on any atom is -0.325 e. The minimum atomic E-state index is -0.215. The third kappa shape index (κ3) is 4.49. The first-order valence-electron chi connectivity index (χ1n) is 8.58. The van der Waals surface area contributed by atoms with E-state index in [9.17, 15) is 4.79 Å². The summed E-state index contributed by atoms with van der Waals surface area (Å²) >= 11 is 1.47. The number of aryl methyl sites for hydroxylation is 1. The quantitative estimate of drug-likeness (QED) is 0.497. The van der Waals surface area contributed by atoms with Crippen LogP contribution in [0.25, 0.3) is 11.3 Å². The number of para-hydroxylation sites is 1. The minimum absolute atomic E-state index is 0.00771. The van der Waals surface area contributed by atoms with Gasteiger partial charge in [0, 0.05) is 11.3 Å². The van der Waals surface area contributed by atoms with Crippen molar-refractivity contribution in [2.45, 2.75) is 30.5 Å². The molecule has 1 atom stereocenters. The Morgan fingerprint density at radius 3 is 2.54 bits per heavy atom. The van der Waals surface area contributed by atoms with Crippen LogP contribution in [0.15, 0.2) is 72.0 Å². The van der Waals surface area contributed by atoms with Crippen molar-refractivity contribution < 1.29 is 4.79 Å². The van der Waals surface area contributed by atoms with Gasteiger partial charge in [0.05, 0.1) is 10.9 Å². The molecule has 1 heterocycles. The van der Waals surface area contributed by atoms with Gasteiger partial charge in [-0.1, -0.05) is 67.2 Å². The van der Waals surface area contributed by atoms with Gasteiger partial charge in [-0.25, -0.2) is 9.97 Å². The van der Waals surface area contributed by atoms with Crippen LogP contribution in [-0.2, 0) is 4.79 Å². The van der Waals surface area contributed by atoms with E-state index < -0.39 is 0 Å². The van der Waals surface area contributed by atoms with Gasteiger partial charge >= 0.3 is 0 Å². The fraction of sp³-hybridized carbons (Fsp3) is 0.190. The highest BCUT2D eigenvalue weighted by Crippen LogP contribution is 2.28. The smallest absolute Gasteiger partial charge is 0.237 e. The Hall–Kier alpha value is -2.66. The van der Waals surface area contributed by atoms with Crippen LogP contribution in [0.4, 0.5) is 5.69 Å². The van der Waals surface area contributed by atoms with Crippen LogP contribution in [0.2, 0.25) is 0 Å². The predicted octanol–water partition coefficient (Wildman–Crippen LogP) is 4.96. The van der Waals surface area contributed by atoms with Crippen molar-refractivity contribution in [2.24, 2.45) is 0 Å². The van der Waals surface area contributed by atoms with E-state index >= 15 is 0 Å². The highest BCUT2D eigenvalue weighted by molar-refractivity contribution is 8.00. The van der Waals surface area contributed by atoms with E-state index in [0.29, 0.717) is 6.42 Å². The molecule has 1 aromatic heterocycles. The molecule has 0 radical (unpaired) electrons. The lowest BCUT2D eigenvalue weighted by Gasteiger charge is -2.15. The molecule has 1 N–H and O–H groups in total. The summed E-state index contributed by atoms with van der Waals surface area (Å²) in [6.45, 7) is 3.99. The van der Waals surface area contributed by atoms with Gasteiger partial charge in [-0.05, 0) is 31.0 Å². The van der Waals surface area contributed by atoms with Crippen LogP contribution >= 0.6 is 11.8 Å². The summed E-state index contributed by atoms with van der Waals surface area (Å²) in [6.07, 6.45) is 2.27. The van der Waals surface area contributed by atoms with Crippen molar-refractivity contribution in [2.75, 3.05) is 5.32 Å². The molecule has 0 saturated carbocycles. The van der Waals surface area contributed by atoms with E-state index in [1.54, 1.807) is 6.33 Å². The van der Waals surface area contributed by atoms with Gasteiger partial charge in [0.25, 0.3) is 0 Å². The molecule has 0 bridgehead atoms. The SMILES string of the molecule is CC[C@@H](Sc1cc(-c2ccccc2)ncn1)C(=O)Nc1ccccc1C. The zero-order valence-corrected chi connectivity index (χ0v) is 15.7. The molecule has 0 unspecified atom stereocenters. The maximum absolute atomic E-state index is 12.7. The molecule has 0 fully saturated rings. The van der Waals surface area contributed by atoms with Gasteiger partial charge in [-0.2, -0.15) is 0 Å². The second kappa shape index (κ2) is 8.63. The molecular weight excluding hydrogens is 342 g/mol. The predicted molar refractivity (Wildman–Crippen MR) is 107 cm³/mol. The number of hydrogen-bond donors (Lipinski definition) is 1. The summed E-state index contributed by atoms with van der Waals surface area (Å²) in [4.78, 5) is 21.4. The molecule has 0 spiro atoms. The van der Waals surface area contributed by atoms with Crippen LogP contribution in [0.3, 0.4) is 0 Å². The lowest BCUT2D eigenvalue weighted by Crippen LogP contribution is -2.25. The molecule has 26 heavy (non-hydrogen) atoms. The third-order valence-electron chi connectivity index (χ3n) is 4.04. The number of carbonyl (C=O) groups excluding carboxylic acids is 1. The van der Waals surface area contributed by atoms with Gasteiger partial charge in [0.1, 0.15) is 11.4 Å². The molecule has 5 heteroatoms. The molecule has 4 nitrogen and oxygen atoms in total. The lowest BCUT2D eigenvalue weighted by molar-refractivity contribution is -0.115. The highest BCUT2D eigenvalue weighted by atomic mass is 32.2. The number of carbonyl (C=O) groups is 1. The largest absolute Gasteiger partial charge is 0.325 e. The molecule has 0 saturated heterocycles. The molecule has 0 aliphatic heterocycles. The Labute approximate surface area is 158 Å². The van der Waals surface area contributed by atoms with Crippen molar-refractivity contribution in [1.29, 1.82) is 0 Å². The Balaban J connectivity index is 1.74. The Bertz CT molecular complexity index is 883. The lowest BCUT2D eigenvalue weighted by atomic mass is 10.1. The van der Waals surface area contributed by atoms with E-state index in [4.69, 9.17) is 0 Å². The van der Waals surface area contributed by atoms with Crippen LogP contribution < -0.4 is 5.32 Å². The zero-order chi connectivity index (χ0) is 18.4. The maximum atomic E-state index is 12.7. The molecule has 132 valence electrons. The number of aromatic nitrogens is 2. The van der Waals surface area contributed by atoms with Crippen molar-refractivity contribution in [3.05, 3.63) is 72.6 Å². The standard InChI is InChI=1S/C21H21N3OS/c1-3-19(21(25)24-17-12-8-7-9-15(17)2)26-20-13-18(22-14-23-20)16-10-5-4-6-11-16/h4-14,19H,3H2,1-2H3,(H,24,25)/t19-/m1/s1. The summed E-state index contributed by atoms with van der Waals surface area (Å²) in [6, 6.07) is 19.7. The number of benzene rings is 2. The normalized spacial score (nSPS) is 11.8. The number of thioether (sulfide) groups is 1. The van der Waals surface area contributed by atoms with Gasteiger partial charge in [-0.15, -0.1) is 0 Å². The summed E-state index contributed by atoms with van der Waals surface area (Å²) in [5.41, 5.74) is 3.80. The van der Waals surface area contributed by atoms with E-state index in [2.05, 4.69) is 15.3 Å². The number of nitrogens with zero attached hydrogens (tertiary/aromatic N) is 2. The van der Waals surface area contributed by atoms with Gasteiger partial charge in [0.15, 0.2) is 0 Å². The van der Waals surface area contributed by atoms with Gasteiger partial charge in [0.2, 0.25) is 5.91 Å². The second-order valence-corrected chi connectivity index (χ2v) is 7.15. The maximum Gasteiger partial charge on any atom is 0.237 e. The molecule has 2 aromatic carbocycles. The van der Waals surface area contributed by atoms with Crippen LogP contribution in [0, 0.1) is 6.92 Å². The van der Waals surface area contributed by atoms with Crippen LogP contribution in [0.5, 0.6) is 0 Å². The van der Waals surface area contributed by atoms with E-state index in [1.807, 2.05) is 74.5 Å². The molecule has 0 aliphatic carbocycles.